The maximum Gasteiger partial charge on any atom is 0.257 e. The lowest BCUT2D eigenvalue weighted by Crippen LogP contribution is -2.27. The van der Waals surface area contributed by atoms with E-state index in [1.807, 2.05) is 59.5 Å². The Balaban J connectivity index is 1.77. The summed E-state index contributed by atoms with van der Waals surface area (Å²) in [5.41, 5.74) is 2.89. The van der Waals surface area contributed by atoms with Gasteiger partial charge in [0.05, 0.1) is 12.6 Å². The van der Waals surface area contributed by atoms with Gasteiger partial charge in [-0.1, -0.05) is 48.5 Å². The van der Waals surface area contributed by atoms with E-state index < -0.39 is 0 Å². The number of hydrogen-bond acceptors (Lipinski definition) is 2. The Morgan fingerprint density at radius 1 is 1.00 bits per heavy atom. The monoisotopic (exact) mass is 251 g/mol. The number of carbonyl (C=O) groups excluding carboxylic acids is 1. The van der Waals surface area contributed by atoms with Crippen molar-refractivity contribution in [3.63, 3.8) is 0 Å². The molecule has 1 saturated heterocycles. The molecule has 1 fully saturated rings. The molecule has 3 nitrogen and oxygen atoms in total. The molecule has 2 atom stereocenters. The highest BCUT2D eigenvalue weighted by molar-refractivity contribution is 5.99. The van der Waals surface area contributed by atoms with E-state index in [2.05, 4.69) is 0 Å². The normalized spacial score (nSPS) is 24.4. The molecule has 0 bridgehead atoms. The molecule has 0 aliphatic carbocycles. The second-order valence-corrected chi connectivity index (χ2v) is 4.91. The highest BCUT2D eigenvalue weighted by atomic mass is 16.5. The summed E-state index contributed by atoms with van der Waals surface area (Å²) in [7, 11) is 0. The minimum atomic E-state index is -0.214. The SMILES string of the molecule is O=C1c2ccccc2[C@H]2OC[C@H](c3ccccc3)N12. The molecule has 3 heteroatoms. The van der Waals surface area contributed by atoms with E-state index >= 15 is 0 Å². The fourth-order valence-corrected chi connectivity index (χ4v) is 2.97. The molecule has 0 unspecified atom stereocenters. The van der Waals surface area contributed by atoms with E-state index in [4.69, 9.17) is 4.74 Å². The van der Waals surface area contributed by atoms with E-state index in [1.54, 1.807) is 0 Å². The van der Waals surface area contributed by atoms with Crippen LogP contribution in [-0.2, 0) is 4.74 Å². The van der Waals surface area contributed by atoms with E-state index in [0.29, 0.717) is 6.61 Å². The van der Waals surface area contributed by atoms with Gasteiger partial charge in [-0.25, -0.2) is 0 Å². The Labute approximate surface area is 111 Å². The number of nitrogens with zero attached hydrogens (tertiary/aromatic N) is 1. The van der Waals surface area contributed by atoms with Crippen LogP contribution in [0.2, 0.25) is 0 Å². The lowest BCUT2D eigenvalue weighted by molar-refractivity contribution is 0.0352. The third-order valence-corrected chi connectivity index (χ3v) is 3.88. The van der Waals surface area contributed by atoms with Crippen molar-refractivity contribution in [1.29, 1.82) is 0 Å². The average molecular weight is 251 g/mol. The van der Waals surface area contributed by atoms with E-state index in [1.165, 1.54) is 0 Å². The molecule has 0 spiro atoms. The summed E-state index contributed by atoms with van der Waals surface area (Å²) in [4.78, 5) is 14.4. The smallest absolute Gasteiger partial charge is 0.257 e. The van der Waals surface area contributed by atoms with Crippen LogP contribution in [0.25, 0.3) is 0 Å². The first-order valence-corrected chi connectivity index (χ1v) is 6.44. The van der Waals surface area contributed by atoms with Gasteiger partial charge in [0.25, 0.3) is 5.91 Å². The first kappa shape index (κ1) is 10.8. The van der Waals surface area contributed by atoms with Crippen LogP contribution in [0.5, 0.6) is 0 Å². The molecule has 2 heterocycles. The van der Waals surface area contributed by atoms with Crippen LogP contribution in [0.1, 0.15) is 33.8 Å². The maximum atomic E-state index is 12.5. The van der Waals surface area contributed by atoms with Crippen molar-refractivity contribution in [2.24, 2.45) is 0 Å². The average Bonchev–Trinajstić information content (AvgIpc) is 3.02. The van der Waals surface area contributed by atoms with Crippen molar-refractivity contribution < 1.29 is 9.53 Å². The zero-order valence-corrected chi connectivity index (χ0v) is 10.3. The lowest BCUT2D eigenvalue weighted by Gasteiger charge is -2.22. The van der Waals surface area contributed by atoms with Crippen molar-refractivity contribution in [3.05, 3.63) is 71.3 Å². The fourth-order valence-electron chi connectivity index (χ4n) is 2.97. The van der Waals surface area contributed by atoms with Gasteiger partial charge >= 0.3 is 0 Å². The van der Waals surface area contributed by atoms with Gasteiger partial charge < -0.3 is 4.74 Å². The van der Waals surface area contributed by atoms with Gasteiger partial charge in [-0.05, 0) is 11.6 Å². The second-order valence-electron chi connectivity index (χ2n) is 4.91. The Morgan fingerprint density at radius 3 is 2.58 bits per heavy atom. The van der Waals surface area contributed by atoms with Crippen LogP contribution in [0.3, 0.4) is 0 Å². The molecule has 4 rings (SSSR count). The molecule has 2 aliphatic rings. The van der Waals surface area contributed by atoms with Gasteiger partial charge in [0.1, 0.15) is 0 Å². The minimum Gasteiger partial charge on any atom is -0.351 e. The number of amides is 1. The van der Waals surface area contributed by atoms with E-state index in [-0.39, 0.29) is 18.2 Å². The Morgan fingerprint density at radius 2 is 1.74 bits per heavy atom. The molecule has 2 aromatic rings. The molecule has 19 heavy (non-hydrogen) atoms. The first-order chi connectivity index (χ1) is 9.36. The lowest BCUT2D eigenvalue weighted by atomic mass is 10.1. The quantitative estimate of drug-likeness (QED) is 0.780. The van der Waals surface area contributed by atoms with E-state index in [9.17, 15) is 4.79 Å². The molecule has 0 saturated carbocycles. The highest BCUT2D eigenvalue weighted by Gasteiger charge is 2.46. The number of rotatable bonds is 1. The van der Waals surface area contributed by atoms with E-state index in [0.717, 1.165) is 16.7 Å². The Bertz CT molecular complexity index is 638. The number of carbonyl (C=O) groups is 1. The highest BCUT2D eigenvalue weighted by Crippen LogP contribution is 2.45. The molecule has 94 valence electrons. The summed E-state index contributed by atoms with van der Waals surface area (Å²) < 4.78 is 5.85. The summed E-state index contributed by atoms with van der Waals surface area (Å²) in [6.07, 6.45) is -0.214. The summed E-state index contributed by atoms with van der Waals surface area (Å²) in [5, 5.41) is 0. The molecule has 0 N–H and O–H groups in total. The summed E-state index contributed by atoms with van der Waals surface area (Å²) >= 11 is 0. The number of ether oxygens (including phenoxy) is 1. The molecular formula is C16H13NO2. The largest absolute Gasteiger partial charge is 0.351 e. The van der Waals surface area contributed by atoms with Crippen LogP contribution in [0.15, 0.2) is 54.6 Å². The number of fused-ring (bicyclic) bond motifs is 3. The van der Waals surface area contributed by atoms with Crippen molar-refractivity contribution in [2.45, 2.75) is 12.3 Å². The molecular weight excluding hydrogens is 238 g/mol. The number of hydrogen-bond donors (Lipinski definition) is 0. The Hall–Kier alpha value is -2.13. The molecule has 2 aliphatic heterocycles. The minimum absolute atomic E-state index is 0.0195. The van der Waals surface area contributed by atoms with Crippen LogP contribution < -0.4 is 0 Å². The number of benzene rings is 2. The Kier molecular flexibility index (Phi) is 2.23. The van der Waals surface area contributed by atoms with Crippen molar-refractivity contribution in [2.75, 3.05) is 6.61 Å². The maximum absolute atomic E-state index is 12.5. The topological polar surface area (TPSA) is 29.5 Å². The van der Waals surface area contributed by atoms with Gasteiger partial charge in [0.15, 0.2) is 6.23 Å². The zero-order chi connectivity index (χ0) is 12.8. The molecule has 0 radical (unpaired) electrons. The predicted molar refractivity (Wildman–Crippen MR) is 70.5 cm³/mol. The van der Waals surface area contributed by atoms with Gasteiger partial charge in [-0.15, -0.1) is 0 Å². The van der Waals surface area contributed by atoms with Gasteiger partial charge in [-0.3, -0.25) is 9.69 Å². The van der Waals surface area contributed by atoms with Gasteiger partial charge in [0.2, 0.25) is 0 Å². The van der Waals surface area contributed by atoms with Gasteiger partial charge in [0, 0.05) is 11.1 Å². The summed E-state index contributed by atoms with van der Waals surface area (Å²) in [6.45, 7) is 0.564. The van der Waals surface area contributed by atoms with Gasteiger partial charge in [-0.2, -0.15) is 0 Å². The molecule has 2 aromatic carbocycles. The predicted octanol–water partition coefficient (Wildman–Crippen LogP) is 2.91. The first-order valence-electron chi connectivity index (χ1n) is 6.44. The van der Waals surface area contributed by atoms with Crippen LogP contribution >= 0.6 is 0 Å². The third kappa shape index (κ3) is 1.45. The summed E-state index contributed by atoms with van der Waals surface area (Å²) in [6, 6.07) is 17.8. The third-order valence-electron chi connectivity index (χ3n) is 3.88. The summed E-state index contributed by atoms with van der Waals surface area (Å²) in [5.74, 6) is 0.0759. The second kappa shape index (κ2) is 3.93. The zero-order valence-electron chi connectivity index (χ0n) is 10.3. The molecule has 0 aromatic heterocycles. The van der Waals surface area contributed by atoms with Crippen LogP contribution in [0, 0.1) is 0 Å². The molecule has 1 amide bonds. The van der Waals surface area contributed by atoms with Crippen LogP contribution in [0.4, 0.5) is 0 Å². The standard InChI is InChI=1S/C16H13NO2/c18-15-12-8-4-5-9-13(12)16-17(15)14(10-19-16)11-6-2-1-3-7-11/h1-9,14,16H,10H2/t14-,16-/m1/s1. The van der Waals surface area contributed by atoms with Crippen molar-refractivity contribution in [1.82, 2.24) is 4.90 Å². The van der Waals surface area contributed by atoms with Crippen LogP contribution in [-0.4, -0.2) is 17.4 Å². The van der Waals surface area contributed by atoms with Crippen molar-refractivity contribution in [3.8, 4) is 0 Å². The van der Waals surface area contributed by atoms with Crippen molar-refractivity contribution >= 4 is 5.91 Å². The fraction of sp³-hybridized carbons (Fsp3) is 0.188.